The number of ether oxygens (including phenoxy) is 2. The molecule has 7 nitrogen and oxygen atoms in total. The van der Waals surface area contributed by atoms with Crippen molar-refractivity contribution < 1.29 is 27.1 Å². The summed E-state index contributed by atoms with van der Waals surface area (Å²) in [5, 5.41) is 2.77. The van der Waals surface area contributed by atoms with Gasteiger partial charge in [-0.3, -0.25) is 9.10 Å². The van der Waals surface area contributed by atoms with E-state index in [9.17, 15) is 17.6 Å². The van der Waals surface area contributed by atoms with Gasteiger partial charge in [-0.1, -0.05) is 12.1 Å². The van der Waals surface area contributed by atoms with E-state index in [2.05, 4.69) is 5.32 Å². The lowest BCUT2D eigenvalue weighted by atomic mass is 10.1. The first-order valence-corrected chi connectivity index (χ1v) is 11.5. The minimum Gasteiger partial charge on any atom is -0.486 e. The number of nitrogens with one attached hydrogen (secondary N) is 1. The molecule has 0 aromatic heterocycles. The summed E-state index contributed by atoms with van der Waals surface area (Å²) in [7, 11) is -3.73. The Balaban J connectivity index is 1.64. The van der Waals surface area contributed by atoms with Crippen LogP contribution in [-0.4, -0.2) is 46.4 Å². The highest BCUT2D eigenvalue weighted by molar-refractivity contribution is 7.92. The van der Waals surface area contributed by atoms with Crippen LogP contribution in [0.1, 0.15) is 18.9 Å². The summed E-state index contributed by atoms with van der Waals surface area (Å²) in [5.74, 6) is 0.283. The van der Waals surface area contributed by atoms with Crippen molar-refractivity contribution in [3.8, 4) is 11.5 Å². The molecule has 1 N–H and O–H groups in total. The molecule has 1 amide bonds. The fraction of sp³-hybridized carbons (Fsp3) is 0.381. The second kappa shape index (κ2) is 9.34. The molecule has 0 saturated heterocycles. The molecule has 0 unspecified atom stereocenters. The second-order valence-electron chi connectivity index (χ2n) is 7.08. The Labute approximate surface area is 175 Å². The molecule has 0 saturated carbocycles. The monoisotopic (exact) mass is 436 g/mol. The highest BCUT2D eigenvalue weighted by Gasteiger charge is 2.30. The van der Waals surface area contributed by atoms with Gasteiger partial charge in [-0.25, -0.2) is 12.8 Å². The van der Waals surface area contributed by atoms with Crippen LogP contribution in [0.15, 0.2) is 42.5 Å². The lowest BCUT2D eigenvalue weighted by Crippen LogP contribution is -2.48. The largest absolute Gasteiger partial charge is 0.486 e. The van der Waals surface area contributed by atoms with Crippen molar-refractivity contribution in [3.63, 3.8) is 0 Å². The van der Waals surface area contributed by atoms with E-state index >= 15 is 0 Å². The summed E-state index contributed by atoms with van der Waals surface area (Å²) in [5.41, 5.74) is 1.29. The first kappa shape index (κ1) is 21.9. The zero-order chi connectivity index (χ0) is 21.7. The smallest absolute Gasteiger partial charge is 0.243 e. The summed E-state index contributed by atoms with van der Waals surface area (Å²) in [4.78, 5) is 12.6. The van der Waals surface area contributed by atoms with Crippen LogP contribution < -0.4 is 19.1 Å². The number of benzene rings is 2. The lowest BCUT2D eigenvalue weighted by Gasteiger charge is -2.29. The van der Waals surface area contributed by atoms with Crippen LogP contribution in [0, 0.1) is 5.82 Å². The third-order valence-electron chi connectivity index (χ3n) is 4.72. The predicted molar refractivity (Wildman–Crippen MR) is 112 cm³/mol. The number of carbonyl (C=O) groups is 1. The minimum absolute atomic E-state index is 0.291. The number of amides is 1. The van der Waals surface area contributed by atoms with Gasteiger partial charge in [-0.2, -0.15) is 0 Å². The molecule has 30 heavy (non-hydrogen) atoms. The molecule has 0 radical (unpaired) electrons. The van der Waals surface area contributed by atoms with Crippen LogP contribution in [0.25, 0.3) is 0 Å². The van der Waals surface area contributed by atoms with Crippen LogP contribution in [-0.2, 0) is 21.2 Å². The van der Waals surface area contributed by atoms with E-state index in [0.29, 0.717) is 49.8 Å². The lowest BCUT2D eigenvalue weighted by molar-refractivity contribution is -0.121. The molecule has 0 fully saturated rings. The van der Waals surface area contributed by atoms with E-state index in [4.69, 9.17) is 9.47 Å². The van der Waals surface area contributed by atoms with Crippen molar-refractivity contribution in [2.75, 3.05) is 30.3 Å². The molecule has 9 heteroatoms. The average molecular weight is 437 g/mol. The molecule has 1 aliphatic heterocycles. The number of hydrogen-bond acceptors (Lipinski definition) is 5. The quantitative estimate of drug-likeness (QED) is 0.643. The Morgan fingerprint density at radius 2 is 1.80 bits per heavy atom. The van der Waals surface area contributed by atoms with Gasteiger partial charge >= 0.3 is 0 Å². The summed E-state index contributed by atoms with van der Waals surface area (Å²) in [6, 6.07) is 10.0. The first-order chi connectivity index (χ1) is 14.3. The minimum atomic E-state index is -3.73. The Morgan fingerprint density at radius 1 is 1.13 bits per heavy atom. The molecule has 3 rings (SSSR count). The summed E-state index contributed by atoms with van der Waals surface area (Å²) < 4.78 is 49.9. The summed E-state index contributed by atoms with van der Waals surface area (Å²) >= 11 is 0. The summed E-state index contributed by atoms with van der Waals surface area (Å²) in [6.45, 7) is 2.71. The van der Waals surface area contributed by atoms with Gasteiger partial charge in [-0.05, 0) is 49.6 Å². The van der Waals surface area contributed by atoms with Crippen LogP contribution in [0.3, 0.4) is 0 Å². The van der Waals surface area contributed by atoms with E-state index in [-0.39, 0.29) is 5.82 Å². The fourth-order valence-electron chi connectivity index (χ4n) is 3.28. The normalized spacial score (nSPS) is 14.1. The van der Waals surface area contributed by atoms with Gasteiger partial charge in [-0.15, -0.1) is 0 Å². The molecule has 2 aromatic carbocycles. The Bertz CT molecular complexity index is 995. The molecule has 0 aliphatic carbocycles. The van der Waals surface area contributed by atoms with Crippen molar-refractivity contribution in [3.05, 3.63) is 53.8 Å². The highest BCUT2D eigenvalue weighted by atomic mass is 32.2. The number of nitrogens with zero attached hydrogens (tertiary/aromatic N) is 1. The van der Waals surface area contributed by atoms with Gasteiger partial charge in [0.15, 0.2) is 11.5 Å². The third kappa shape index (κ3) is 5.41. The Hall–Kier alpha value is -2.81. The number of carbonyl (C=O) groups excluding carboxylic acids is 1. The van der Waals surface area contributed by atoms with Crippen molar-refractivity contribution in [2.24, 2.45) is 0 Å². The summed E-state index contributed by atoms with van der Waals surface area (Å²) in [6.07, 6.45) is 2.38. The number of aryl methyl sites for hydroxylation is 1. The number of hydrogen-bond donors (Lipinski definition) is 1. The molecule has 2 aromatic rings. The van der Waals surface area contributed by atoms with E-state index < -0.39 is 22.0 Å². The van der Waals surface area contributed by atoms with Gasteiger partial charge < -0.3 is 14.8 Å². The van der Waals surface area contributed by atoms with E-state index in [1.165, 1.54) is 19.1 Å². The predicted octanol–water partition coefficient (Wildman–Crippen LogP) is 2.50. The van der Waals surface area contributed by atoms with Crippen molar-refractivity contribution in [1.82, 2.24) is 5.32 Å². The maximum Gasteiger partial charge on any atom is 0.243 e. The molecule has 0 spiro atoms. The zero-order valence-electron chi connectivity index (χ0n) is 16.9. The molecule has 1 atom stereocenters. The van der Waals surface area contributed by atoms with E-state index in [1.54, 1.807) is 30.3 Å². The molecular formula is C21H25FN2O5S. The number of rotatable bonds is 8. The van der Waals surface area contributed by atoms with Crippen molar-refractivity contribution >= 4 is 21.6 Å². The number of sulfonamides is 1. The van der Waals surface area contributed by atoms with Gasteiger partial charge in [0, 0.05) is 12.6 Å². The van der Waals surface area contributed by atoms with Crippen LogP contribution in [0.2, 0.25) is 0 Å². The van der Waals surface area contributed by atoms with E-state index in [0.717, 1.165) is 16.1 Å². The third-order valence-corrected chi connectivity index (χ3v) is 5.97. The SMILES string of the molecule is C[C@@H](C(=O)NCCCc1ccc(F)cc1)N(c1ccc2c(c1)OCCO2)S(C)(=O)=O. The van der Waals surface area contributed by atoms with Crippen LogP contribution in [0.4, 0.5) is 10.1 Å². The zero-order valence-corrected chi connectivity index (χ0v) is 17.7. The maximum absolute atomic E-state index is 12.9. The van der Waals surface area contributed by atoms with Crippen LogP contribution in [0.5, 0.6) is 11.5 Å². The fourth-order valence-corrected chi connectivity index (χ4v) is 4.45. The highest BCUT2D eigenvalue weighted by Crippen LogP contribution is 2.35. The molecular weight excluding hydrogens is 411 g/mol. The molecule has 0 bridgehead atoms. The standard InChI is InChI=1S/C21H25FN2O5S/c1-15(21(25)23-11-3-4-16-5-7-17(22)8-6-16)24(30(2,26)27)18-9-10-19-20(14-18)29-13-12-28-19/h5-10,14-15H,3-4,11-13H2,1-2H3,(H,23,25)/t15-/m0/s1. The maximum atomic E-state index is 12.9. The topological polar surface area (TPSA) is 84.9 Å². The Kier molecular flexibility index (Phi) is 6.81. The number of anilines is 1. The van der Waals surface area contributed by atoms with Crippen molar-refractivity contribution in [1.29, 1.82) is 0 Å². The van der Waals surface area contributed by atoms with Gasteiger partial charge in [0.25, 0.3) is 0 Å². The van der Waals surface area contributed by atoms with Crippen molar-refractivity contribution in [2.45, 2.75) is 25.8 Å². The van der Waals surface area contributed by atoms with Gasteiger partial charge in [0.1, 0.15) is 25.1 Å². The van der Waals surface area contributed by atoms with E-state index in [1.807, 2.05) is 0 Å². The molecule has 1 heterocycles. The van der Waals surface area contributed by atoms with Gasteiger partial charge in [0.05, 0.1) is 11.9 Å². The number of fused-ring (bicyclic) bond motifs is 1. The molecule has 162 valence electrons. The van der Waals surface area contributed by atoms with Gasteiger partial charge in [0.2, 0.25) is 15.9 Å². The van der Waals surface area contributed by atoms with Crippen LogP contribution >= 0.6 is 0 Å². The number of halogens is 1. The molecule has 1 aliphatic rings. The second-order valence-corrected chi connectivity index (χ2v) is 8.94. The average Bonchev–Trinajstić information content (AvgIpc) is 2.71. The first-order valence-electron chi connectivity index (χ1n) is 9.67. The Morgan fingerprint density at radius 3 is 2.47 bits per heavy atom.